The Kier molecular flexibility index (Phi) is 2.92. The van der Waals surface area contributed by atoms with Gasteiger partial charge in [0.1, 0.15) is 0 Å². The van der Waals surface area contributed by atoms with Gasteiger partial charge >= 0.3 is 6.09 Å². The van der Waals surface area contributed by atoms with Crippen LogP contribution in [0.1, 0.15) is 19.3 Å². The van der Waals surface area contributed by atoms with Crippen LogP contribution in [-0.4, -0.2) is 31.5 Å². The van der Waals surface area contributed by atoms with Gasteiger partial charge in [0.2, 0.25) is 0 Å². The number of aliphatic hydroxyl groups excluding tert-OH is 1. The summed E-state index contributed by atoms with van der Waals surface area (Å²) in [7, 11) is 1.35. The molecule has 1 saturated carbocycles. The van der Waals surface area contributed by atoms with E-state index in [1.54, 1.807) is 0 Å². The molecule has 1 aliphatic carbocycles. The summed E-state index contributed by atoms with van der Waals surface area (Å²) in [6.45, 7) is 0.823. The second-order valence-electron chi connectivity index (χ2n) is 3.32. The fourth-order valence-corrected chi connectivity index (χ4v) is 1.26. The quantitative estimate of drug-likeness (QED) is 0.651. The molecule has 0 aromatic rings. The van der Waals surface area contributed by atoms with Gasteiger partial charge in [-0.05, 0) is 24.7 Å². The smallest absolute Gasteiger partial charge is 0.406 e. The Labute approximate surface area is 71.9 Å². The SMILES string of the molecule is COC(=O)NCC1(CCO)CC1. The fourth-order valence-electron chi connectivity index (χ4n) is 1.26. The van der Waals surface area contributed by atoms with Crippen molar-refractivity contribution in [2.24, 2.45) is 5.41 Å². The highest BCUT2D eigenvalue weighted by atomic mass is 16.5. The molecule has 0 unspecified atom stereocenters. The summed E-state index contributed by atoms with van der Waals surface area (Å²) >= 11 is 0. The van der Waals surface area contributed by atoms with Gasteiger partial charge in [-0.25, -0.2) is 4.79 Å². The van der Waals surface area contributed by atoms with E-state index in [1.165, 1.54) is 7.11 Å². The van der Waals surface area contributed by atoms with Crippen LogP contribution in [0.5, 0.6) is 0 Å². The van der Waals surface area contributed by atoms with E-state index in [4.69, 9.17) is 5.11 Å². The molecular weight excluding hydrogens is 158 g/mol. The lowest BCUT2D eigenvalue weighted by Crippen LogP contribution is -2.30. The van der Waals surface area contributed by atoms with E-state index in [9.17, 15) is 4.79 Å². The Bertz CT molecular complexity index is 166. The maximum atomic E-state index is 10.7. The average Bonchev–Trinajstić information content (AvgIpc) is 2.82. The summed E-state index contributed by atoms with van der Waals surface area (Å²) < 4.78 is 4.44. The van der Waals surface area contributed by atoms with Gasteiger partial charge in [-0.15, -0.1) is 0 Å². The van der Waals surface area contributed by atoms with Crippen LogP contribution in [0.4, 0.5) is 4.79 Å². The molecule has 0 radical (unpaired) electrons. The highest BCUT2D eigenvalue weighted by Gasteiger charge is 2.41. The van der Waals surface area contributed by atoms with E-state index in [1.807, 2.05) is 0 Å². The summed E-state index contributed by atoms with van der Waals surface area (Å²) in [4.78, 5) is 10.7. The summed E-state index contributed by atoms with van der Waals surface area (Å²) in [5.41, 5.74) is 0.170. The number of nitrogens with one attached hydrogen (secondary N) is 1. The van der Waals surface area contributed by atoms with Gasteiger partial charge in [0, 0.05) is 13.2 Å². The van der Waals surface area contributed by atoms with Crippen LogP contribution in [0, 0.1) is 5.41 Å². The Morgan fingerprint density at radius 2 is 2.33 bits per heavy atom. The highest BCUT2D eigenvalue weighted by Crippen LogP contribution is 2.47. The van der Waals surface area contributed by atoms with Crippen molar-refractivity contribution in [3.63, 3.8) is 0 Å². The summed E-state index contributed by atoms with van der Waals surface area (Å²) in [5, 5.41) is 11.4. The molecule has 1 rings (SSSR count). The van der Waals surface area contributed by atoms with E-state index in [0.717, 1.165) is 19.3 Å². The third kappa shape index (κ3) is 2.37. The predicted octanol–water partition coefficient (Wildman–Crippen LogP) is 0.505. The molecule has 0 spiro atoms. The number of rotatable bonds is 4. The van der Waals surface area contributed by atoms with E-state index >= 15 is 0 Å². The standard InChI is InChI=1S/C8H15NO3/c1-12-7(11)9-6-8(2-3-8)4-5-10/h10H,2-6H2,1H3,(H,9,11). The van der Waals surface area contributed by atoms with Crippen LogP contribution in [0.15, 0.2) is 0 Å². The molecule has 0 aromatic carbocycles. The number of carbonyl (C=O) groups is 1. The van der Waals surface area contributed by atoms with Crippen molar-refractivity contribution in [2.75, 3.05) is 20.3 Å². The first-order valence-corrected chi connectivity index (χ1v) is 4.15. The van der Waals surface area contributed by atoms with Crippen LogP contribution in [0.2, 0.25) is 0 Å². The zero-order valence-corrected chi connectivity index (χ0v) is 7.30. The maximum absolute atomic E-state index is 10.7. The molecule has 1 fully saturated rings. The summed E-state index contributed by atoms with van der Waals surface area (Å²) in [6.07, 6.45) is 2.57. The first-order valence-electron chi connectivity index (χ1n) is 4.15. The minimum Gasteiger partial charge on any atom is -0.453 e. The molecule has 0 bridgehead atoms. The molecular formula is C8H15NO3. The minimum atomic E-state index is -0.390. The van der Waals surface area contributed by atoms with Gasteiger partial charge in [-0.2, -0.15) is 0 Å². The van der Waals surface area contributed by atoms with Crippen LogP contribution < -0.4 is 5.32 Å². The van der Waals surface area contributed by atoms with Crippen molar-refractivity contribution in [1.82, 2.24) is 5.32 Å². The lowest BCUT2D eigenvalue weighted by atomic mass is 10.0. The van der Waals surface area contributed by atoms with E-state index < -0.39 is 0 Å². The van der Waals surface area contributed by atoms with Gasteiger partial charge in [0.25, 0.3) is 0 Å². The van der Waals surface area contributed by atoms with Gasteiger partial charge in [0.15, 0.2) is 0 Å². The van der Waals surface area contributed by atoms with Crippen LogP contribution >= 0.6 is 0 Å². The Morgan fingerprint density at radius 3 is 2.75 bits per heavy atom. The first kappa shape index (κ1) is 9.32. The van der Waals surface area contributed by atoms with Crippen LogP contribution in [0.25, 0.3) is 0 Å². The van der Waals surface area contributed by atoms with Crippen molar-refractivity contribution in [1.29, 1.82) is 0 Å². The third-order valence-corrected chi connectivity index (χ3v) is 2.39. The van der Waals surface area contributed by atoms with Crippen molar-refractivity contribution >= 4 is 6.09 Å². The Morgan fingerprint density at radius 1 is 1.67 bits per heavy atom. The molecule has 0 aliphatic heterocycles. The molecule has 1 aliphatic rings. The molecule has 70 valence electrons. The van der Waals surface area contributed by atoms with Gasteiger partial charge < -0.3 is 15.2 Å². The number of hydrogen-bond acceptors (Lipinski definition) is 3. The van der Waals surface area contributed by atoms with Crippen molar-refractivity contribution in [2.45, 2.75) is 19.3 Å². The molecule has 4 nitrogen and oxygen atoms in total. The average molecular weight is 173 g/mol. The maximum Gasteiger partial charge on any atom is 0.406 e. The highest BCUT2D eigenvalue weighted by molar-refractivity contribution is 5.66. The molecule has 2 N–H and O–H groups in total. The molecule has 0 atom stereocenters. The van der Waals surface area contributed by atoms with Crippen molar-refractivity contribution < 1.29 is 14.6 Å². The van der Waals surface area contributed by atoms with Crippen LogP contribution in [0.3, 0.4) is 0 Å². The Hall–Kier alpha value is -0.770. The predicted molar refractivity (Wildman–Crippen MR) is 43.8 cm³/mol. The number of carbonyl (C=O) groups excluding carboxylic acids is 1. The molecule has 4 heteroatoms. The number of aliphatic hydroxyl groups is 1. The van der Waals surface area contributed by atoms with Crippen molar-refractivity contribution in [3.8, 4) is 0 Å². The summed E-state index contributed by atoms with van der Waals surface area (Å²) in [5.74, 6) is 0. The monoisotopic (exact) mass is 173 g/mol. The number of ether oxygens (including phenoxy) is 1. The zero-order chi connectivity index (χ0) is 9.03. The molecule has 0 aromatic heterocycles. The van der Waals surface area contributed by atoms with E-state index in [0.29, 0.717) is 6.54 Å². The second-order valence-corrected chi connectivity index (χ2v) is 3.32. The van der Waals surface area contributed by atoms with Gasteiger partial charge in [-0.3, -0.25) is 0 Å². The third-order valence-electron chi connectivity index (χ3n) is 2.39. The van der Waals surface area contributed by atoms with E-state index in [2.05, 4.69) is 10.1 Å². The zero-order valence-electron chi connectivity index (χ0n) is 7.30. The van der Waals surface area contributed by atoms with Crippen molar-refractivity contribution in [3.05, 3.63) is 0 Å². The minimum absolute atomic E-state index is 0.170. The van der Waals surface area contributed by atoms with Crippen LogP contribution in [-0.2, 0) is 4.74 Å². The number of amides is 1. The number of methoxy groups -OCH3 is 1. The van der Waals surface area contributed by atoms with E-state index in [-0.39, 0.29) is 18.1 Å². The largest absolute Gasteiger partial charge is 0.453 e. The Balaban J connectivity index is 2.17. The molecule has 12 heavy (non-hydrogen) atoms. The lowest BCUT2D eigenvalue weighted by molar-refractivity contribution is 0.166. The van der Waals surface area contributed by atoms with Gasteiger partial charge in [0.05, 0.1) is 7.11 Å². The lowest BCUT2D eigenvalue weighted by Gasteiger charge is -2.13. The topological polar surface area (TPSA) is 58.6 Å². The molecule has 0 saturated heterocycles. The number of hydrogen-bond donors (Lipinski definition) is 2. The molecule has 1 amide bonds. The number of alkyl carbamates (subject to hydrolysis) is 1. The van der Waals surface area contributed by atoms with Gasteiger partial charge in [-0.1, -0.05) is 0 Å². The first-order chi connectivity index (χ1) is 5.72. The molecule has 0 heterocycles. The normalized spacial score (nSPS) is 18.5. The second kappa shape index (κ2) is 3.76. The fraction of sp³-hybridized carbons (Fsp3) is 0.875. The summed E-state index contributed by atoms with van der Waals surface area (Å²) in [6, 6.07) is 0.